The second-order valence-electron chi connectivity index (χ2n) is 4.94. The van der Waals surface area contributed by atoms with Crippen molar-refractivity contribution in [1.82, 2.24) is 0 Å². The molecule has 0 fully saturated rings. The van der Waals surface area contributed by atoms with E-state index in [9.17, 15) is 4.79 Å². The van der Waals surface area contributed by atoms with Crippen LogP contribution in [0, 0.1) is 10.8 Å². The molecular weight excluding hydrogens is 162 g/mol. The summed E-state index contributed by atoms with van der Waals surface area (Å²) in [5.41, 5.74) is 5.22. The number of primary amides is 1. The third-order valence-electron chi connectivity index (χ3n) is 3.24. The lowest BCUT2D eigenvalue weighted by molar-refractivity contribution is -0.127. The third kappa shape index (κ3) is 3.37. The van der Waals surface area contributed by atoms with Gasteiger partial charge in [0.05, 0.1) is 0 Å². The van der Waals surface area contributed by atoms with Gasteiger partial charge in [-0.2, -0.15) is 0 Å². The highest BCUT2D eigenvalue weighted by molar-refractivity contribution is 5.79. The first kappa shape index (κ1) is 12.5. The van der Waals surface area contributed by atoms with Crippen LogP contribution in [0.5, 0.6) is 0 Å². The summed E-state index contributed by atoms with van der Waals surface area (Å²) < 4.78 is 0. The number of hydrogen-bond donors (Lipinski definition) is 1. The maximum Gasteiger partial charge on any atom is 0.223 e. The van der Waals surface area contributed by atoms with Crippen molar-refractivity contribution in [1.29, 1.82) is 0 Å². The highest BCUT2D eigenvalue weighted by Crippen LogP contribution is 2.38. The molecule has 0 spiro atoms. The molecule has 0 aliphatic carbocycles. The lowest BCUT2D eigenvalue weighted by Crippen LogP contribution is -2.36. The molecule has 0 radical (unpaired) electrons. The Morgan fingerprint density at radius 3 is 1.77 bits per heavy atom. The van der Waals surface area contributed by atoms with Gasteiger partial charge in [-0.25, -0.2) is 0 Å². The topological polar surface area (TPSA) is 43.1 Å². The van der Waals surface area contributed by atoms with Crippen molar-refractivity contribution in [2.24, 2.45) is 16.6 Å². The lowest BCUT2D eigenvalue weighted by Gasteiger charge is -2.34. The fourth-order valence-corrected chi connectivity index (χ4v) is 1.65. The fraction of sp³-hybridized carbons (Fsp3) is 0.909. The van der Waals surface area contributed by atoms with Crippen LogP contribution in [0.4, 0.5) is 0 Å². The summed E-state index contributed by atoms with van der Waals surface area (Å²) >= 11 is 0. The van der Waals surface area contributed by atoms with Gasteiger partial charge in [-0.05, 0) is 11.8 Å². The summed E-state index contributed by atoms with van der Waals surface area (Å²) in [4.78, 5) is 11.2. The number of amides is 1. The Morgan fingerprint density at radius 2 is 1.54 bits per heavy atom. The van der Waals surface area contributed by atoms with Gasteiger partial charge >= 0.3 is 0 Å². The zero-order valence-corrected chi connectivity index (χ0v) is 9.61. The normalized spacial score (nSPS) is 13.0. The zero-order valence-electron chi connectivity index (χ0n) is 9.61. The molecule has 0 bridgehead atoms. The first-order valence-electron chi connectivity index (χ1n) is 5.07. The van der Waals surface area contributed by atoms with E-state index >= 15 is 0 Å². The number of hydrogen-bond acceptors (Lipinski definition) is 1. The Hall–Kier alpha value is -0.530. The Labute approximate surface area is 81.9 Å². The highest BCUT2D eigenvalue weighted by Gasteiger charge is 2.33. The first-order valence-corrected chi connectivity index (χ1v) is 5.07. The molecule has 78 valence electrons. The van der Waals surface area contributed by atoms with Crippen LogP contribution in [0.3, 0.4) is 0 Å². The second kappa shape index (κ2) is 4.12. The van der Waals surface area contributed by atoms with E-state index < -0.39 is 0 Å². The van der Waals surface area contributed by atoms with Crippen LogP contribution >= 0.6 is 0 Å². The molecule has 2 N–H and O–H groups in total. The zero-order chi connectivity index (χ0) is 10.7. The molecule has 0 aromatic rings. The maximum atomic E-state index is 11.2. The van der Waals surface area contributed by atoms with E-state index in [4.69, 9.17) is 5.73 Å². The number of carbonyl (C=O) groups excluding carboxylic acids is 1. The van der Waals surface area contributed by atoms with Crippen molar-refractivity contribution in [3.63, 3.8) is 0 Å². The van der Waals surface area contributed by atoms with Gasteiger partial charge in [0.15, 0.2) is 0 Å². The van der Waals surface area contributed by atoms with Gasteiger partial charge < -0.3 is 5.73 Å². The van der Waals surface area contributed by atoms with Crippen molar-refractivity contribution in [2.45, 2.75) is 53.9 Å². The Balaban J connectivity index is 4.48. The molecule has 0 aliphatic rings. The maximum absolute atomic E-state index is 11.2. The van der Waals surface area contributed by atoms with Crippen molar-refractivity contribution in [2.75, 3.05) is 0 Å². The number of nitrogens with two attached hydrogens (primary N) is 1. The molecule has 13 heavy (non-hydrogen) atoms. The SMILES string of the molecule is CCC(C)(CC)CC(C)(C)C(N)=O. The second-order valence-corrected chi connectivity index (χ2v) is 4.94. The highest BCUT2D eigenvalue weighted by atomic mass is 16.1. The molecule has 0 aromatic carbocycles. The number of carbonyl (C=O) groups is 1. The van der Waals surface area contributed by atoms with Crippen LogP contribution in [0.25, 0.3) is 0 Å². The summed E-state index contributed by atoms with van der Waals surface area (Å²) in [6, 6.07) is 0. The average Bonchev–Trinajstić information content (AvgIpc) is 2.03. The summed E-state index contributed by atoms with van der Waals surface area (Å²) in [6.07, 6.45) is 3.07. The van der Waals surface area contributed by atoms with Crippen LogP contribution in [0.2, 0.25) is 0 Å². The molecule has 0 unspecified atom stereocenters. The van der Waals surface area contributed by atoms with Gasteiger partial charge in [0.25, 0.3) is 0 Å². The monoisotopic (exact) mass is 185 g/mol. The smallest absolute Gasteiger partial charge is 0.223 e. The minimum atomic E-state index is -0.374. The molecule has 0 saturated heterocycles. The van der Waals surface area contributed by atoms with Crippen LogP contribution in [-0.2, 0) is 4.79 Å². The van der Waals surface area contributed by atoms with E-state index in [1.54, 1.807) is 0 Å². The van der Waals surface area contributed by atoms with Crippen LogP contribution in [0.15, 0.2) is 0 Å². The summed E-state index contributed by atoms with van der Waals surface area (Å²) in [6.45, 7) is 10.4. The summed E-state index contributed by atoms with van der Waals surface area (Å²) in [5, 5.41) is 0. The molecule has 0 rings (SSSR count). The van der Waals surface area contributed by atoms with E-state index in [0.717, 1.165) is 19.3 Å². The molecule has 0 aromatic heterocycles. The van der Waals surface area contributed by atoms with Crippen molar-refractivity contribution in [3.8, 4) is 0 Å². The predicted octanol–water partition coefficient (Wildman–Crippen LogP) is 2.71. The van der Waals surface area contributed by atoms with Gasteiger partial charge in [-0.1, -0.05) is 47.5 Å². The molecule has 1 amide bonds. The Bertz CT molecular complexity index is 181. The molecule has 2 heteroatoms. The molecule has 2 nitrogen and oxygen atoms in total. The van der Waals surface area contributed by atoms with Gasteiger partial charge in [0.2, 0.25) is 5.91 Å². The van der Waals surface area contributed by atoms with Crippen LogP contribution in [-0.4, -0.2) is 5.91 Å². The Morgan fingerprint density at radius 1 is 1.15 bits per heavy atom. The lowest BCUT2D eigenvalue weighted by atomic mass is 9.71. The third-order valence-corrected chi connectivity index (χ3v) is 3.24. The minimum absolute atomic E-state index is 0.194. The average molecular weight is 185 g/mol. The molecule has 0 atom stereocenters. The van der Waals surface area contributed by atoms with Crippen LogP contribution < -0.4 is 5.73 Å². The molecule has 0 saturated carbocycles. The number of rotatable bonds is 5. The van der Waals surface area contributed by atoms with E-state index in [-0.39, 0.29) is 16.7 Å². The van der Waals surface area contributed by atoms with E-state index in [2.05, 4.69) is 20.8 Å². The minimum Gasteiger partial charge on any atom is -0.369 e. The fourth-order valence-electron chi connectivity index (χ4n) is 1.65. The van der Waals surface area contributed by atoms with Crippen molar-refractivity contribution in [3.05, 3.63) is 0 Å². The molecule has 0 aliphatic heterocycles. The largest absolute Gasteiger partial charge is 0.369 e. The summed E-state index contributed by atoms with van der Waals surface area (Å²) in [5.74, 6) is -0.194. The molecule has 0 heterocycles. The summed E-state index contributed by atoms with van der Waals surface area (Å²) in [7, 11) is 0. The van der Waals surface area contributed by atoms with E-state index in [1.165, 1.54) is 0 Å². The Kier molecular flexibility index (Phi) is 3.95. The predicted molar refractivity (Wildman–Crippen MR) is 56.3 cm³/mol. The quantitative estimate of drug-likeness (QED) is 0.703. The molecular formula is C11H23NO. The van der Waals surface area contributed by atoms with Gasteiger partial charge in [0.1, 0.15) is 0 Å². The standard InChI is InChI=1S/C11H23NO/c1-6-11(5,7-2)8-10(3,4)9(12)13/h6-8H2,1-5H3,(H2,12,13). The van der Waals surface area contributed by atoms with Gasteiger partial charge in [0, 0.05) is 5.41 Å². The van der Waals surface area contributed by atoms with Gasteiger partial charge in [-0.15, -0.1) is 0 Å². The van der Waals surface area contributed by atoms with Gasteiger partial charge in [-0.3, -0.25) is 4.79 Å². The van der Waals surface area contributed by atoms with Crippen LogP contribution in [0.1, 0.15) is 53.9 Å². The van der Waals surface area contributed by atoms with Crippen molar-refractivity contribution < 1.29 is 4.79 Å². The van der Waals surface area contributed by atoms with E-state index in [1.807, 2.05) is 13.8 Å². The van der Waals surface area contributed by atoms with Crippen molar-refractivity contribution >= 4 is 5.91 Å². The van der Waals surface area contributed by atoms with E-state index in [0.29, 0.717) is 0 Å². The first-order chi connectivity index (χ1) is 5.77.